The molecule has 1 aromatic carbocycles. The summed E-state index contributed by atoms with van der Waals surface area (Å²) in [5, 5.41) is 11.8. The molecule has 0 aliphatic heterocycles. The predicted molar refractivity (Wildman–Crippen MR) is 134 cm³/mol. The largest absolute Gasteiger partial charge is 0.497 e. The number of thiophene rings is 1. The molecule has 9 nitrogen and oxygen atoms in total. The van der Waals surface area contributed by atoms with Crippen molar-refractivity contribution in [3.63, 3.8) is 0 Å². The molecule has 0 bridgehead atoms. The quantitative estimate of drug-likeness (QED) is 0.314. The topological polar surface area (TPSA) is 113 Å². The average molecular weight is 518 g/mol. The summed E-state index contributed by atoms with van der Waals surface area (Å²) in [6.07, 6.45) is 2.72. The number of nitrogens with zero attached hydrogens (tertiary/aromatic N) is 2. The van der Waals surface area contributed by atoms with Gasteiger partial charge in [-0.15, -0.1) is 21.5 Å². The van der Waals surface area contributed by atoms with Crippen molar-refractivity contribution in [1.29, 1.82) is 0 Å². The molecule has 0 saturated carbocycles. The van der Waals surface area contributed by atoms with Gasteiger partial charge in [-0.2, -0.15) is 0 Å². The summed E-state index contributed by atoms with van der Waals surface area (Å²) < 4.78 is 21.5. The van der Waals surface area contributed by atoms with E-state index in [4.69, 9.17) is 18.6 Å². The maximum Gasteiger partial charge on any atom is 0.341 e. The molecule has 1 aliphatic rings. The minimum Gasteiger partial charge on any atom is -0.497 e. The van der Waals surface area contributed by atoms with E-state index < -0.39 is 5.97 Å². The van der Waals surface area contributed by atoms with Crippen molar-refractivity contribution in [3.05, 3.63) is 34.2 Å². The van der Waals surface area contributed by atoms with Crippen LogP contribution in [0.25, 0.3) is 11.5 Å². The number of rotatable bonds is 9. The van der Waals surface area contributed by atoms with E-state index in [9.17, 15) is 9.59 Å². The number of amides is 1. The highest BCUT2D eigenvalue weighted by Gasteiger charge is 2.29. The molecule has 11 heteroatoms. The number of ether oxygens (including phenoxy) is 3. The van der Waals surface area contributed by atoms with Crippen molar-refractivity contribution in [2.75, 3.05) is 31.9 Å². The van der Waals surface area contributed by atoms with E-state index >= 15 is 0 Å². The Hall–Kier alpha value is -3.05. The zero-order chi connectivity index (χ0) is 24.9. The third kappa shape index (κ3) is 5.79. The molecule has 1 amide bonds. The molecule has 2 aromatic heterocycles. The molecule has 35 heavy (non-hydrogen) atoms. The maximum absolute atomic E-state index is 12.7. The van der Waals surface area contributed by atoms with Crippen LogP contribution in [0.4, 0.5) is 5.00 Å². The van der Waals surface area contributed by atoms with Crippen LogP contribution in [0, 0.1) is 5.92 Å². The molecule has 1 unspecified atom stereocenters. The molecule has 4 rings (SSSR count). The number of hydrogen-bond acceptors (Lipinski definition) is 10. The van der Waals surface area contributed by atoms with Gasteiger partial charge < -0.3 is 23.9 Å². The van der Waals surface area contributed by atoms with E-state index in [1.54, 1.807) is 39.3 Å². The molecule has 1 atom stereocenters. The Bertz CT molecular complexity index is 1200. The van der Waals surface area contributed by atoms with Gasteiger partial charge in [-0.1, -0.05) is 18.7 Å². The van der Waals surface area contributed by atoms with E-state index in [-0.39, 0.29) is 29.4 Å². The molecule has 0 spiro atoms. The fourth-order valence-electron chi connectivity index (χ4n) is 3.86. The Balaban J connectivity index is 1.44. The van der Waals surface area contributed by atoms with Crippen LogP contribution >= 0.6 is 23.1 Å². The number of hydrogen-bond donors (Lipinski definition) is 1. The lowest BCUT2D eigenvalue weighted by molar-refractivity contribution is -0.113. The third-order valence-electron chi connectivity index (χ3n) is 5.58. The van der Waals surface area contributed by atoms with E-state index in [0.717, 1.165) is 41.5 Å². The first-order chi connectivity index (χ1) is 16.9. The van der Waals surface area contributed by atoms with Crippen LogP contribution in [-0.2, 0) is 22.4 Å². The smallest absolute Gasteiger partial charge is 0.341 e. The number of thioether (sulfide) groups is 1. The number of benzene rings is 1. The first kappa shape index (κ1) is 25.1. The molecule has 186 valence electrons. The second-order valence-electron chi connectivity index (χ2n) is 8.09. The summed E-state index contributed by atoms with van der Waals surface area (Å²) in [4.78, 5) is 26.5. The van der Waals surface area contributed by atoms with Crippen molar-refractivity contribution in [3.8, 4) is 23.0 Å². The Morgan fingerprint density at radius 2 is 1.94 bits per heavy atom. The fraction of sp³-hybridized carbons (Fsp3) is 0.417. The van der Waals surface area contributed by atoms with Gasteiger partial charge in [-0.05, 0) is 49.8 Å². The van der Waals surface area contributed by atoms with Gasteiger partial charge in [-0.3, -0.25) is 4.79 Å². The SMILES string of the molecule is CCOC(=O)c1c(NC(=O)CSc2nnc(-c3cc(OC)cc(OC)c3)o2)sc2c1CCC(C)C2. The van der Waals surface area contributed by atoms with Gasteiger partial charge in [0.2, 0.25) is 11.8 Å². The van der Waals surface area contributed by atoms with Gasteiger partial charge in [-0.25, -0.2) is 4.79 Å². The zero-order valence-corrected chi connectivity index (χ0v) is 21.6. The van der Waals surface area contributed by atoms with E-state index in [2.05, 4.69) is 22.4 Å². The maximum atomic E-state index is 12.7. The summed E-state index contributed by atoms with van der Waals surface area (Å²) in [7, 11) is 3.12. The van der Waals surface area contributed by atoms with Gasteiger partial charge in [0, 0.05) is 16.5 Å². The first-order valence-corrected chi connectivity index (χ1v) is 13.0. The van der Waals surface area contributed by atoms with Crippen LogP contribution in [0.15, 0.2) is 27.8 Å². The Kier molecular flexibility index (Phi) is 7.97. The molecule has 2 heterocycles. The molecular weight excluding hydrogens is 490 g/mol. The average Bonchev–Trinajstić information content (AvgIpc) is 3.46. The van der Waals surface area contributed by atoms with Crippen molar-refractivity contribution in [2.24, 2.45) is 5.92 Å². The number of esters is 1. The number of carbonyl (C=O) groups excluding carboxylic acids is 2. The lowest BCUT2D eigenvalue weighted by Gasteiger charge is -2.18. The second kappa shape index (κ2) is 11.1. The third-order valence-corrected chi connectivity index (χ3v) is 7.56. The van der Waals surface area contributed by atoms with E-state index in [1.807, 2.05) is 0 Å². The van der Waals surface area contributed by atoms with Crippen molar-refractivity contribution in [1.82, 2.24) is 10.2 Å². The van der Waals surface area contributed by atoms with Crippen LogP contribution in [0.2, 0.25) is 0 Å². The van der Waals surface area contributed by atoms with Crippen LogP contribution in [0.1, 0.15) is 41.1 Å². The van der Waals surface area contributed by atoms with Crippen LogP contribution in [0.3, 0.4) is 0 Å². The van der Waals surface area contributed by atoms with Crippen LogP contribution < -0.4 is 14.8 Å². The van der Waals surface area contributed by atoms with Crippen LogP contribution in [0.5, 0.6) is 11.5 Å². The van der Waals surface area contributed by atoms with Gasteiger partial charge in [0.15, 0.2) is 0 Å². The van der Waals surface area contributed by atoms with Gasteiger partial charge >= 0.3 is 5.97 Å². The fourth-order valence-corrected chi connectivity index (χ4v) is 5.84. The first-order valence-electron chi connectivity index (χ1n) is 11.2. The Labute approximate surface area is 211 Å². The lowest BCUT2D eigenvalue weighted by atomic mass is 9.88. The minimum atomic E-state index is -0.391. The number of fused-ring (bicyclic) bond motifs is 1. The highest BCUT2D eigenvalue weighted by molar-refractivity contribution is 7.99. The van der Waals surface area contributed by atoms with Gasteiger partial charge in [0.05, 0.1) is 32.1 Å². The van der Waals surface area contributed by atoms with Gasteiger partial charge in [0.25, 0.3) is 5.22 Å². The predicted octanol–water partition coefficient (Wildman–Crippen LogP) is 4.85. The van der Waals surface area contributed by atoms with Crippen LogP contribution in [-0.4, -0.2) is 48.7 Å². The minimum absolute atomic E-state index is 0.0459. The van der Waals surface area contributed by atoms with Crippen molar-refractivity contribution < 1.29 is 28.2 Å². The van der Waals surface area contributed by atoms with E-state index in [0.29, 0.717) is 33.5 Å². The zero-order valence-electron chi connectivity index (χ0n) is 20.0. The molecular formula is C24H27N3O6S2. The van der Waals surface area contributed by atoms with Crippen molar-refractivity contribution in [2.45, 2.75) is 38.3 Å². The molecule has 1 aliphatic carbocycles. The molecule has 0 saturated heterocycles. The summed E-state index contributed by atoms with van der Waals surface area (Å²) in [5.41, 5.74) is 2.14. The Morgan fingerprint density at radius 1 is 1.20 bits per heavy atom. The molecule has 0 radical (unpaired) electrons. The summed E-state index contributed by atoms with van der Waals surface area (Å²) in [5.74, 6) is 1.41. The summed E-state index contributed by atoms with van der Waals surface area (Å²) >= 11 is 2.58. The highest BCUT2D eigenvalue weighted by Crippen LogP contribution is 2.40. The van der Waals surface area contributed by atoms with Crippen molar-refractivity contribution >= 4 is 40.0 Å². The number of nitrogens with one attached hydrogen (secondary N) is 1. The monoisotopic (exact) mass is 517 g/mol. The Morgan fingerprint density at radius 3 is 2.63 bits per heavy atom. The normalized spacial score (nSPS) is 14.8. The molecule has 0 fully saturated rings. The molecule has 3 aromatic rings. The summed E-state index contributed by atoms with van der Waals surface area (Å²) in [6.45, 7) is 4.25. The number of methoxy groups -OCH3 is 2. The number of anilines is 1. The highest BCUT2D eigenvalue weighted by atomic mass is 32.2. The molecule has 1 N–H and O–H groups in total. The second-order valence-corrected chi connectivity index (χ2v) is 10.1. The number of carbonyl (C=O) groups is 2. The van der Waals surface area contributed by atoms with E-state index in [1.165, 1.54) is 11.3 Å². The number of aromatic nitrogens is 2. The standard InChI is InChI=1S/C24H27N3O6S2/c1-5-32-23(29)20-17-7-6-13(2)8-18(17)35-22(20)25-19(28)12-34-24-27-26-21(33-24)14-9-15(30-3)11-16(10-14)31-4/h9-11,13H,5-8,12H2,1-4H3,(H,25,28). The lowest BCUT2D eigenvalue weighted by Crippen LogP contribution is -2.17. The van der Waals surface area contributed by atoms with Gasteiger partial charge in [0.1, 0.15) is 16.5 Å². The summed E-state index contributed by atoms with van der Waals surface area (Å²) in [6, 6.07) is 5.26.